The normalized spacial score (nSPS) is 34.5. The van der Waals surface area contributed by atoms with Gasteiger partial charge in [0.15, 0.2) is 0 Å². The van der Waals surface area contributed by atoms with Gasteiger partial charge in [-0.15, -0.1) is 11.6 Å². The maximum Gasteiger partial charge on any atom is 0.228 e. The molecular weight excluding hydrogens is 476 g/mol. The van der Waals surface area contributed by atoms with E-state index in [1.54, 1.807) is 0 Å². The number of nitrogens with one attached hydrogen (secondary N) is 2. The van der Waals surface area contributed by atoms with E-state index in [1.807, 2.05) is 6.21 Å². The first-order valence-corrected chi connectivity index (χ1v) is 14.8. The molecule has 0 aromatic rings. The summed E-state index contributed by atoms with van der Waals surface area (Å²) in [5, 5.41) is 6.61. The molecule has 5 atom stereocenters. The number of hydrogen-bond donors (Lipinski definition) is 4. The molecule has 4 aliphatic rings. The van der Waals surface area contributed by atoms with Crippen LogP contribution in [0.3, 0.4) is 0 Å². The summed E-state index contributed by atoms with van der Waals surface area (Å²) in [6.07, 6.45) is 14.5. The molecule has 0 aromatic heterocycles. The largest absolute Gasteiger partial charge is 0.373 e. The summed E-state index contributed by atoms with van der Waals surface area (Å²) in [6.45, 7) is 3.70. The number of carbonyl (C=O) groups is 1. The lowest BCUT2D eigenvalue weighted by Gasteiger charge is -2.41. The van der Waals surface area contributed by atoms with Gasteiger partial charge in [-0.25, -0.2) is 0 Å². The molecule has 1 saturated carbocycles. The number of aliphatic imine (C=N–C) groups is 1. The second-order valence-electron chi connectivity index (χ2n) is 11.9. The first-order valence-electron chi connectivity index (χ1n) is 14.4. The summed E-state index contributed by atoms with van der Waals surface area (Å²) < 4.78 is 6.54. The van der Waals surface area contributed by atoms with E-state index in [1.165, 1.54) is 38.5 Å². The molecule has 0 aromatic carbocycles. The predicted octanol–water partition coefficient (Wildman–Crippen LogP) is 2.37. The lowest BCUT2D eigenvalue weighted by molar-refractivity contribution is -0.130. The van der Waals surface area contributed by atoms with Crippen molar-refractivity contribution in [3.05, 3.63) is 0 Å². The van der Waals surface area contributed by atoms with E-state index in [-0.39, 0.29) is 41.0 Å². The van der Waals surface area contributed by atoms with Crippen LogP contribution in [0, 0.1) is 11.3 Å². The Morgan fingerprint density at radius 1 is 1.14 bits per heavy atom. The van der Waals surface area contributed by atoms with Gasteiger partial charge < -0.3 is 31.7 Å². The number of rotatable bonds is 6. The maximum atomic E-state index is 13.8. The summed E-state index contributed by atoms with van der Waals surface area (Å²) in [7, 11) is 2.16. The molecule has 3 aliphatic heterocycles. The van der Waals surface area contributed by atoms with Crippen molar-refractivity contribution in [1.29, 1.82) is 0 Å². The van der Waals surface area contributed by atoms with Crippen LogP contribution in [0.4, 0.5) is 0 Å². The Hall–Kier alpha value is -0.770. The molecule has 0 radical (unpaired) electrons. The van der Waals surface area contributed by atoms with Gasteiger partial charge in [-0.3, -0.25) is 9.79 Å². The van der Waals surface area contributed by atoms with Crippen molar-refractivity contribution >= 4 is 23.7 Å². The van der Waals surface area contributed by atoms with Gasteiger partial charge >= 0.3 is 0 Å². The number of ether oxygens (including phenoxy) is 1. The Labute approximate surface area is 222 Å². The minimum absolute atomic E-state index is 0.000452. The number of alkyl halides is 1. The van der Waals surface area contributed by atoms with Crippen LogP contribution in [0.5, 0.6) is 0 Å². The minimum atomic E-state index is -0.784. The van der Waals surface area contributed by atoms with Crippen molar-refractivity contribution in [2.24, 2.45) is 27.8 Å². The monoisotopic (exact) mass is 524 g/mol. The zero-order chi connectivity index (χ0) is 25.5. The molecule has 6 N–H and O–H groups in total. The Morgan fingerprint density at radius 3 is 2.56 bits per heavy atom. The van der Waals surface area contributed by atoms with Crippen molar-refractivity contribution in [3.8, 4) is 0 Å². The average Bonchev–Trinajstić information content (AvgIpc) is 3.09. The van der Waals surface area contributed by atoms with E-state index >= 15 is 0 Å². The lowest BCUT2D eigenvalue weighted by Crippen LogP contribution is -2.60. The van der Waals surface area contributed by atoms with Crippen molar-refractivity contribution in [2.45, 2.75) is 113 Å². The van der Waals surface area contributed by atoms with Crippen molar-refractivity contribution in [2.75, 3.05) is 33.2 Å². The summed E-state index contributed by atoms with van der Waals surface area (Å²) in [6, 6.07) is -0.355. The summed E-state index contributed by atoms with van der Waals surface area (Å²) in [4.78, 5) is 21.0. The molecule has 8 nitrogen and oxygen atoms in total. The lowest BCUT2D eigenvalue weighted by atomic mass is 9.69. The van der Waals surface area contributed by atoms with Crippen LogP contribution in [-0.4, -0.2) is 86.1 Å². The number of carbonyl (C=O) groups excluding carboxylic acids is 1. The molecule has 3 heterocycles. The molecule has 1 amide bonds. The van der Waals surface area contributed by atoms with E-state index < -0.39 is 12.1 Å². The molecule has 0 bridgehead atoms. The standard InChI is InChI=1S/C27H49ClN6O2/c1-34-14-8-20(9-15-34)36-23-7-13-31-18-22(23)33-26(35)24(25(29)30)21-16-27(10-4-2-3-5-11-27)12-6-19(28)17-32-21/h17,19-25,31H,2-16,18,29-30H2,1H3,(H,33,35)/b32-17-. The Kier molecular flexibility index (Phi) is 10.5. The topological polar surface area (TPSA) is 118 Å². The second-order valence-corrected chi connectivity index (χ2v) is 12.5. The van der Waals surface area contributed by atoms with E-state index in [0.29, 0.717) is 6.54 Å². The fraction of sp³-hybridized carbons (Fsp3) is 0.926. The van der Waals surface area contributed by atoms with Gasteiger partial charge in [-0.2, -0.15) is 0 Å². The predicted molar refractivity (Wildman–Crippen MR) is 146 cm³/mol. The van der Waals surface area contributed by atoms with Crippen molar-refractivity contribution < 1.29 is 9.53 Å². The highest BCUT2D eigenvalue weighted by atomic mass is 35.5. The molecule has 1 aliphatic carbocycles. The fourth-order valence-electron chi connectivity index (χ4n) is 6.87. The molecule has 9 heteroatoms. The third-order valence-electron chi connectivity index (χ3n) is 9.11. The minimum Gasteiger partial charge on any atom is -0.373 e. The molecule has 2 saturated heterocycles. The van der Waals surface area contributed by atoms with Gasteiger partial charge in [0.25, 0.3) is 0 Å². The zero-order valence-electron chi connectivity index (χ0n) is 22.2. The molecule has 206 valence electrons. The van der Waals surface area contributed by atoms with E-state index in [0.717, 1.165) is 58.2 Å². The Bertz CT molecular complexity index is 721. The summed E-state index contributed by atoms with van der Waals surface area (Å²) >= 11 is 6.60. The van der Waals surface area contributed by atoms with Gasteiger partial charge in [0.2, 0.25) is 5.91 Å². The number of likely N-dealkylation sites (tertiary alicyclic amines) is 1. The Balaban J connectivity index is 1.46. The fourth-order valence-corrected chi connectivity index (χ4v) is 7.04. The van der Waals surface area contributed by atoms with E-state index in [4.69, 9.17) is 32.8 Å². The first kappa shape index (κ1) is 28.2. The molecule has 1 spiro atoms. The molecule has 3 fully saturated rings. The first-order chi connectivity index (χ1) is 17.3. The van der Waals surface area contributed by atoms with Crippen LogP contribution in [0.1, 0.15) is 77.0 Å². The third-order valence-corrected chi connectivity index (χ3v) is 9.44. The number of nitrogens with zero attached hydrogens (tertiary/aromatic N) is 2. The van der Waals surface area contributed by atoms with Crippen LogP contribution in [0.15, 0.2) is 4.99 Å². The van der Waals surface area contributed by atoms with Gasteiger partial charge in [-0.1, -0.05) is 25.7 Å². The van der Waals surface area contributed by atoms with Crippen LogP contribution in [-0.2, 0) is 9.53 Å². The van der Waals surface area contributed by atoms with E-state index in [2.05, 4.69) is 22.6 Å². The summed E-state index contributed by atoms with van der Waals surface area (Å²) in [5.41, 5.74) is 12.8. The van der Waals surface area contributed by atoms with Gasteiger partial charge in [-0.05, 0) is 70.4 Å². The highest BCUT2D eigenvalue weighted by molar-refractivity contribution is 6.28. The van der Waals surface area contributed by atoms with Crippen LogP contribution < -0.4 is 22.1 Å². The number of piperidine rings is 2. The summed E-state index contributed by atoms with van der Waals surface area (Å²) in [5.74, 6) is -0.692. The molecular formula is C27H49ClN6O2. The smallest absolute Gasteiger partial charge is 0.228 e. The van der Waals surface area contributed by atoms with Crippen LogP contribution in [0.25, 0.3) is 0 Å². The maximum absolute atomic E-state index is 13.8. The average molecular weight is 525 g/mol. The second kappa shape index (κ2) is 13.3. The quantitative estimate of drug-likeness (QED) is 0.313. The van der Waals surface area contributed by atoms with Crippen LogP contribution >= 0.6 is 11.6 Å². The van der Waals surface area contributed by atoms with E-state index in [9.17, 15) is 4.79 Å². The molecule has 36 heavy (non-hydrogen) atoms. The van der Waals surface area contributed by atoms with Gasteiger partial charge in [0.05, 0.1) is 41.8 Å². The number of amides is 1. The van der Waals surface area contributed by atoms with Crippen molar-refractivity contribution in [3.63, 3.8) is 0 Å². The molecule has 4 rings (SSSR count). The highest BCUT2D eigenvalue weighted by Crippen LogP contribution is 2.45. The van der Waals surface area contributed by atoms with Gasteiger partial charge in [0.1, 0.15) is 0 Å². The zero-order valence-corrected chi connectivity index (χ0v) is 22.9. The number of halogens is 1. The van der Waals surface area contributed by atoms with Crippen LogP contribution in [0.2, 0.25) is 0 Å². The molecule has 5 unspecified atom stereocenters. The van der Waals surface area contributed by atoms with Gasteiger partial charge in [0, 0.05) is 25.8 Å². The Morgan fingerprint density at radius 2 is 1.86 bits per heavy atom. The third kappa shape index (κ3) is 7.64. The van der Waals surface area contributed by atoms with Crippen molar-refractivity contribution in [1.82, 2.24) is 15.5 Å². The number of nitrogens with two attached hydrogens (primary N) is 2. The SMILES string of the molecule is CN1CCC(OC2CCNCC2NC(=O)C(C(N)N)C2CC3(CCCCCC3)CCC(Cl)/C=N\2)CC1. The highest BCUT2D eigenvalue weighted by Gasteiger charge is 2.42. The number of hydrogen-bond acceptors (Lipinski definition) is 7.